The van der Waals surface area contributed by atoms with E-state index >= 15 is 0 Å². The van der Waals surface area contributed by atoms with E-state index in [0.717, 1.165) is 28.8 Å². The molecule has 1 aromatic heterocycles. The van der Waals surface area contributed by atoms with E-state index in [9.17, 15) is 0 Å². The van der Waals surface area contributed by atoms with Gasteiger partial charge in [0.05, 0.1) is 11.0 Å². The second-order valence-corrected chi connectivity index (χ2v) is 20.2. The highest BCUT2D eigenvalue weighted by Gasteiger charge is 2.45. The molecule has 0 saturated carbocycles. The van der Waals surface area contributed by atoms with E-state index < -0.39 is 5.41 Å². The Hall–Kier alpha value is -8.85. The Morgan fingerprint density at radius 2 is 1.00 bits per heavy atom. The molecule has 0 radical (unpaired) electrons. The van der Waals surface area contributed by atoms with Gasteiger partial charge in [0.1, 0.15) is 5.82 Å². The number of hydrogen-bond donors (Lipinski definition) is 0. The number of benzene rings is 9. The largest absolute Gasteiger partial charge is 0.296 e. The molecule has 2 heteroatoms. The van der Waals surface area contributed by atoms with Crippen LogP contribution >= 0.6 is 0 Å². The van der Waals surface area contributed by atoms with E-state index in [4.69, 9.17) is 4.98 Å². The topological polar surface area (TPSA) is 17.8 Å². The highest BCUT2D eigenvalue weighted by atomic mass is 15.1. The number of hydrogen-bond acceptors (Lipinski definition) is 1. The molecule has 1 heterocycles. The van der Waals surface area contributed by atoms with Gasteiger partial charge in [-0.25, -0.2) is 4.98 Å². The summed E-state index contributed by atoms with van der Waals surface area (Å²) in [7, 11) is 0. The Labute approximate surface area is 429 Å². The van der Waals surface area contributed by atoms with Gasteiger partial charge >= 0.3 is 0 Å². The Kier molecular flexibility index (Phi) is 11.1. The third kappa shape index (κ3) is 8.06. The minimum absolute atomic E-state index is 0.00412. The summed E-state index contributed by atoms with van der Waals surface area (Å²) in [5.41, 5.74) is 23.7. The van der Waals surface area contributed by atoms with E-state index in [1.807, 2.05) is 0 Å². The van der Waals surface area contributed by atoms with Crippen LogP contribution in [0.15, 0.2) is 273 Å². The van der Waals surface area contributed by atoms with Crippen LogP contribution in [0.1, 0.15) is 54.0 Å². The molecule has 0 spiro atoms. The highest BCUT2D eigenvalue weighted by molar-refractivity contribution is 5.96. The fraction of sp³-hybridized carbons (Fsp3) is 0.0845. The molecule has 3 atom stereocenters. The maximum atomic E-state index is 5.26. The van der Waals surface area contributed by atoms with Crippen molar-refractivity contribution in [3.8, 4) is 55.9 Å². The fourth-order valence-electron chi connectivity index (χ4n) is 11.9. The first-order valence-corrected chi connectivity index (χ1v) is 25.7. The monoisotopic (exact) mass is 934 g/mol. The summed E-state index contributed by atoms with van der Waals surface area (Å²) in [6.45, 7) is 4.76. The van der Waals surface area contributed by atoms with Crippen molar-refractivity contribution >= 4 is 27.9 Å². The minimum atomic E-state index is -0.448. The molecule has 348 valence electrons. The molecular formula is C71H54N2. The standard InChI is InChI=1S/C71H54N2/c1-48-20-19-29-62(40-48)73-67-33-18-17-32-66(67)72-70(73)54-36-34-53(35-37-54)55-38-39-71(2)65(47-55)68(60-43-56(49-21-7-3-8-22-49)41-57(44-60)50-23-9-4-10-24-50)63-30-15-16-31-64(63)69(71)61-45-58(51-25-11-5-12-26-51)42-59(46-61)52-27-13-6-14-28-52/h3-39,41-48,69H,40H2,1-2H3. The predicted octanol–water partition coefficient (Wildman–Crippen LogP) is 18.4. The number of imidazole rings is 1. The molecule has 73 heavy (non-hydrogen) atoms. The third-order valence-electron chi connectivity index (χ3n) is 15.4. The number of allylic oxidation sites excluding steroid dienone is 9. The number of fused-ring (bicyclic) bond motifs is 3. The average Bonchev–Trinajstić information content (AvgIpc) is 3.85. The summed E-state index contributed by atoms with van der Waals surface area (Å²) < 4.78 is 2.37. The predicted molar refractivity (Wildman–Crippen MR) is 307 cm³/mol. The molecule has 0 saturated heterocycles. The van der Waals surface area contributed by atoms with Crippen molar-refractivity contribution in [1.29, 1.82) is 0 Å². The van der Waals surface area contributed by atoms with Crippen molar-refractivity contribution in [2.75, 3.05) is 0 Å². The molecule has 2 nitrogen and oxygen atoms in total. The van der Waals surface area contributed by atoms with Crippen LogP contribution in [0.3, 0.4) is 0 Å². The van der Waals surface area contributed by atoms with Crippen LogP contribution < -0.4 is 0 Å². The second-order valence-electron chi connectivity index (χ2n) is 20.2. The molecular weight excluding hydrogens is 881 g/mol. The van der Waals surface area contributed by atoms with Crippen molar-refractivity contribution in [1.82, 2.24) is 9.55 Å². The summed E-state index contributed by atoms with van der Waals surface area (Å²) in [5, 5.41) is 0. The Morgan fingerprint density at radius 3 is 1.59 bits per heavy atom. The van der Waals surface area contributed by atoms with Gasteiger partial charge in [0.2, 0.25) is 0 Å². The molecule has 0 amide bonds. The Morgan fingerprint density at radius 1 is 0.493 bits per heavy atom. The van der Waals surface area contributed by atoms with Gasteiger partial charge in [0.15, 0.2) is 0 Å². The van der Waals surface area contributed by atoms with Crippen molar-refractivity contribution in [3.63, 3.8) is 0 Å². The summed E-state index contributed by atoms with van der Waals surface area (Å²) in [6, 6.07) is 84.8. The van der Waals surface area contributed by atoms with Gasteiger partial charge in [0, 0.05) is 22.6 Å². The first kappa shape index (κ1) is 44.1. The van der Waals surface area contributed by atoms with Gasteiger partial charge in [-0.3, -0.25) is 4.57 Å². The molecule has 0 fully saturated rings. The lowest BCUT2D eigenvalue weighted by atomic mass is 9.57. The van der Waals surface area contributed by atoms with E-state index in [1.165, 1.54) is 94.7 Å². The van der Waals surface area contributed by atoms with E-state index in [0.29, 0.717) is 5.92 Å². The van der Waals surface area contributed by atoms with Crippen molar-refractivity contribution in [3.05, 3.63) is 300 Å². The molecule has 3 aliphatic carbocycles. The van der Waals surface area contributed by atoms with Gasteiger partial charge < -0.3 is 0 Å². The quantitative estimate of drug-likeness (QED) is 0.141. The molecule has 0 bridgehead atoms. The van der Waals surface area contributed by atoms with Crippen molar-refractivity contribution in [2.24, 2.45) is 11.3 Å². The SMILES string of the molecule is CC1C=CC=C(n2c(-c3ccc(C4=CC5=C(c6cc(-c7ccccc7)cc(-c7ccccc7)c6)c6ccccc6C(c6cc(-c7ccccc7)cc(-c7ccccc7)c6)C5(C)C=C4)cc3)nc3ccccc32)C1. The van der Waals surface area contributed by atoms with Crippen LogP contribution in [0, 0.1) is 11.3 Å². The average molecular weight is 935 g/mol. The maximum Gasteiger partial charge on any atom is 0.145 e. The molecule has 0 N–H and O–H groups in total. The molecule has 0 aliphatic heterocycles. The first-order valence-electron chi connectivity index (χ1n) is 25.7. The van der Waals surface area contributed by atoms with E-state index in [2.05, 4.69) is 285 Å². The van der Waals surface area contributed by atoms with Crippen LogP contribution in [-0.2, 0) is 0 Å². The lowest BCUT2D eigenvalue weighted by Gasteiger charge is -2.45. The maximum absolute atomic E-state index is 5.26. The molecule has 9 aromatic carbocycles. The molecule has 10 aromatic rings. The van der Waals surface area contributed by atoms with Crippen LogP contribution in [0.4, 0.5) is 0 Å². The zero-order valence-corrected chi connectivity index (χ0v) is 41.2. The number of aromatic nitrogens is 2. The van der Waals surface area contributed by atoms with Crippen LogP contribution in [0.5, 0.6) is 0 Å². The van der Waals surface area contributed by atoms with Crippen molar-refractivity contribution in [2.45, 2.75) is 26.2 Å². The molecule has 13 rings (SSSR count). The normalized spacial score (nSPS) is 18.0. The summed E-state index contributed by atoms with van der Waals surface area (Å²) >= 11 is 0. The van der Waals surface area contributed by atoms with Crippen LogP contribution in [-0.4, -0.2) is 9.55 Å². The van der Waals surface area contributed by atoms with Gasteiger partial charge in [-0.1, -0.05) is 232 Å². The molecule has 3 unspecified atom stereocenters. The smallest absolute Gasteiger partial charge is 0.145 e. The third-order valence-corrected chi connectivity index (χ3v) is 15.4. The van der Waals surface area contributed by atoms with Gasteiger partial charge in [-0.15, -0.1) is 0 Å². The summed E-state index contributed by atoms with van der Waals surface area (Å²) in [4.78, 5) is 5.26. The van der Waals surface area contributed by atoms with Gasteiger partial charge in [-0.2, -0.15) is 0 Å². The first-order chi connectivity index (χ1) is 35.9. The zero-order valence-electron chi connectivity index (χ0n) is 41.2. The zero-order chi connectivity index (χ0) is 48.9. The lowest BCUT2D eigenvalue weighted by Crippen LogP contribution is -2.33. The Balaban J connectivity index is 1.03. The number of nitrogens with zero attached hydrogens (tertiary/aromatic N) is 2. The van der Waals surface area contributed by atoms with Crippen LogP contribution in [0.25, 0.3) is 83.8 Å². The highest BCUT2D eigenvalue weighted by Crippen LogP contribution is 2.59. The summed E-state index contributed by atoms with van der Waals surface area (Å²) in [6.07, 6.45) is 15.1. The minimum Gasteiger partial charge on any atom is -0.296 e. The van der Waals surface area contributed by atoms with E-state index in [-0.39, 0.29) is 5.92 Å². The Bertz CT molecular complexity index is 3750. The van der Waals surface area contributed by atoms with Gasteiger partial charge in [-0.05, 0) is 150 Å². The lowest BCUT2D eigenvalue weighted by molar-refractivity contribution is 0.449. The number of rotatable bonds is 9. The fourth-order valence-corrected chi connectivity index (χ4v) is 11.9. The second kappa shape index (κ2) is 18.4. The van der Waals surface area contributed by atoms with Crippen molar-refractivity contribution < 1.29 is 0 Å². The van der Waals surface area contributed by atoms with Gasteiger partial charge in [0.25, 0.3) is 0 Å². The number of para-hydroxylation sites is 2. The molecule has 3 aliphatic rings. The summed E-state index contributed by atoms with van der Waals surface area (Å²) in [5.74, 6) is 1.43. The van der Waals surface area contributed by atoms with Crippen LogP contribution in [0.2, 0.25) is 0 Å². The van der Waals surface area contributed by atoms with E-state index in [1.54, 1.807) is 0 Å².